The lowest BCUT2D eigenvalue weighted by Crippen LogP contribution is -2.19. The van der Waals surface area contributed by atoms with E-state index >= 15 is 0 Å². The van der Waals surface area contributed by atoms with Crippen LogP contribution in [0.5, 0.6) is 0 Å². The van der Waals surface area contributed by atoms with E-state index in [1.165, 1.54) is 0 Å². The number of aliphatic hydroxyl groups excluding tert-OH is 1. The minimum absolute atomic E-state index is 0.0721. The van der Waals surface area contributed by atoms with E-state index in [-0.39, 0.29) is 19.1 Å². The van der Waals surface area contributed by atoms with Crippen LogP contribution in [-0.2, 0) is 15.0 Å². The highest BCUT2D eigenvalue weighted by atomic mass is 32.2. The fraction of sp³-hybridized carbons (Fsp3) is 0.300. The van der Waals surface area contributed by atoms with Crippen LogP contribution < -0.4 is 10.9 Å². The summed E-state index contributed by atoms with van der Waals surface area (Å²) >= 11 is 0. The monoisotopic (exact) mass is 292 g/mol. The van der Waals surface area contributed by atoms with E-state index in [0.717, 1.165) is 5.56 Å². The second-order valence-electron chi connectivity index (χ2n) is 3.44. The molecule has 0 aliphatic heterocycles. The number of nitrogens with two attached hydrogens (primary N) is 2. The predicted molar refractivity (Wildman–Crippen MR) is 67.5 cm³/mol. The van der Waals surface area contributed by atoms with Gasteiger partial charge in [-0.25, -0.2) is 9.93 Å². The van der Waals surface area contributed by atoms with E-state index in [9.17, 15) is 4.79 Å². The number of carbonyl (C=O) groups excluding carboxylic acids is 1. The van der Waals surface area contributed by atoms with Gasteiger partial charge in [-0.3, -0.25) is 4.55 Å². The van der Waals surface area contributed by atoms with Gasteiger partial charge in [-0.15, -0.1) is 0 Å². The van der Waals surface area contributed by atoms with Crippen LogP contribution in [0.4, 0.5) is 4.79 Å². The minimum Gasteiger partial charge on any atom is -0.449 e. The Hall–Kier alpha value is -1.68. The van der Waals surface area contributed by atoms with Gasteiger partial charge < -0.3 is 15.6 Å². The molecule has 0 saturated heterocycles. The molecule has 8 nitrogen and oxygen atoms in total. The van der Waals surface area contributed by atoms with Crippen molar-refractivity contribution in [2.24, 2.45) is 10.9 Å². The van der Waals surface area contributed by atoms with Gasteiger partial charge in [0.1, 0.15) is 6.61 Å². The molecule has 19 heavy (non-hydrogen) atoms. The van der Waals surface area contributed by atoms with Gasteiger partial charge in [0.25, 0.3) is 0 Å². The summed E-state index contributed by atoms with van der Waals surface area (Å²) in [7, 11) is -4.17. The first-order chi connectivity index (χ1) is 8.74. The summed E-state index contributed by atoms with van der Waals surface area (Å²) in [5.41, 5.74) is 5.76. The van der Waals surface area contributed by atoms with Crippen LogP contribution in [0.1, 0.15) is 11.5 Å². The van der Waals surface area contributed by atoms with E-state index in [2.05, 4.69) is 9.88 Å². The maximum atomic E-state index is 10.4. The fourth-order valence-electron chi connectivity index (χ4n) is 1.16. The average Bonchev–Trinajstić information content (AvgIpc) is 2.28. The van der Waals surface area contributed by atoms with Crippen molar-refractivity contribution < 1.29 is 27.6 Å². The molecule has 6 N–H and O–H groups in total. The van der Waals surface area contributed by atoms with Crippen LogP contribution >= 0.6 is 0 Å². The van der Waals surface area contributed by atoms with Gasteiger partial charge in [-0.2, -0.15) is 8.42 Å². The van der Waals surface area contributed by atoms with Crippen molar-refractivity contribution >= 4 is 16.4 Å². The van der Waals surface area contributed by atoms with Crippen molar-refractivity contribution in [3.05, 3.63) is 35.9 Å². The Morgan fingerprint density at radius 3 is 2.16 bits per heavy atom. The SMILES string of the molecule is NC(=O)OC[C@H](CO)c1ccccc1.NS(=O)(=O)O. The summed E-state index contributed by atoms with van der Waals surface area (Å²) in [5, 5.41) is 12.9. The number of ether oxygens (including phenoxy) is 1. The van der Waals surface area contributed by atoms with Crippen LogP contribution in [0, 0.1) is 0 Å². The number of rotatable bonds is 4. The molecule has 108 valence electrons. The third-order valence-electron chi connectivity index (χ3n) is 1.92. The minimum atomic E-state index is -4.17. The summed E-state index contributed by atoms with van der Waals surface area (Å²) in [6.07, 6.45) is -0.820. The van der Waals surface area contributed by atoms with Crippen LogP contribution in [-0.4, -0.2) is 37.4 Å². The lowest BCUT2D eigenvalue weighted by Gasteiger charge is -2.13. The molecule has 9 heteroatoms. The van der Waals surface area contributed by atoms with Crippen molar-refractivity contribution in [2.45, 2.75) is 5.92 Å². The molecule has 1 amide bonds. The molecule has 0 fully saturated rings. The molecule has 0 saturated carbocycles. The molecule has 1 rings (SSSR count). The Morgan fingerprint density at radius 2 is 1.79 bits per heavy atom. The number of carbonyl (C=O) groups is 1. The number of hydrogen-bond acceptors (Lipinski definition) is 5. The van der Waals surface area contributed by atoms with Crippen molar-refractivity contribution in [3.8, 4) is 0 Å². The topological polar surface area (TPSA) is 153 Å². The molecule has 0 unspecified atom stereocenters. The summed E-state index contributed by atoms with van der Waals surface area (Å²) < 4.78 is 29.8. The summed E-state index contributed by atoms with van der Waals surface area (Å²) in [6, 6.07) is 9.34. The Bertz CT molecular complexity index is 468. The lowest BCUT2D eigenvalue weighted by atomic mass is 10.0. The van der Waals surface area contributed by atoms with Crippen LogP contribution in [0.3, 0.4) is 0 Å². The molecule has 1 atom stereocenters. The molecule has 1 aromatic carbocycles. The van der Waals surface area contributed by atoms with Gasteiger partial charge in [-0.05, 0) is 5.56 Å². The number of amides is 1. The molecule has 0 aliphatic carbocycles. The Balaban J connectivity index is 0.000000555. The highest BCUT2D eigenvalue weighted by Crippen LogP contribution is 2.14. The number of benzene rings is 1. The van der Waals surface area contributed by atoms with Crippen molar-refractivity contribution in [1.82, 2.24) is 0 Å². The molecule has 0 aromatic heterocycles. The molecular formula is C10H16N2O6S. The van der Waals surface area contributed by atoms with Gasteiger partial charge in [0.2, 0.25) is 0 Å². The van der Waals surface area contributed by atoms with Crippen molar-refractivity contribution in [3.63, 3.8) is 0 Å². The van der Waals surface area contributed by atoms with Crippen LogP contribution in [0.25, 0.3) is 0 Å². The van der Waals surface area contributed by atoms with Gasteiger partial charge in [0, 0.05) is 5.92 Å². The zero-order chi connectivity index (χ0) is 14.9. The average molecular weight is 292 g/mol. The predicted octanol–water partition coefficient (Wildman–Crippen LogP) is -0.394. The molecule has 0 spiro atoms. The standard InChI is InChI=1S/C10H13NO3.H3NO3S/c11-10(13)14-7-9(6-12)8-4-2-1-3-5-8;1-5(2,3)4/h1-5,9,12H,6-7H2,(H2,11,13);(H3,1,2,3,4)/t9-;/m0./s1. The first-order valence-corrected chi connectivity index (χ1v) is 6.57. The molecule has 0 aliphatic rings. The first kappa shape index (κ1) is 17.3. The molecule has 0 heterocycles. The highest BCUT2D eigenvalue weighted by Gasteiger charge is 2.11. The van der Waals surface area contributed by atoms with E-state index in [0.29, 0.717) is 0 Å². The maximum absolute atomic E-state index is 10.4. The Morgan fingerprint density at radius 1 is 1.32 bits per heavy atom. The normalized spacial score (nSPS) is 11.9. The highest BCUT2D eigenvalue weighted by molar-refractivity contribution is 7.83. The van der Waals surface area contributed by atoms with Gasteiger partial charge in [0.15, 0.2) is 0 Å². The number of hydrogen-bond donors (Lipinski definition) is 4. The zero-order valence-corrected chi connectivity index (χ0v) is 10.8. The van der Waals surface area contributed by atoms with E-state index < -0.39 is 16.4 Å². The van der Waals surface area contributed by atoms with Gasteiger partial charge in [-0.1, -0.05) is 30.3 Å². The number of primary amides is 1. The molecule has 1 aromatic rings. The quantitative estimate of drug-likeness (QED) is 0.554. The summed E-state index contributed by atoms with van der Waals surface area (Å²) in [5.74, 6) is -0.205. The molecule has 0 bridgehead atoms. The lowest BCUT2D eigenvalue weighted by molar-refractivity contribution is 0.133. The van der Waals surface area contributed by atoms with Crippen LogP contribution in [0.15, 0.2) is 30.3 Å². The summed E-state index contributed by atoms with van der Waals surface area (Å²) in [4.78, 5) is 10.4. The second-order valence-corrected chi connectivity index (χ2v) is 4.47. The number of aliphatic hydroxyl groups is 1. The van der Waals surface area contributed by atoms with Crippen LogP contribution in [0.2, 0.25) is 0 Å². The zero-order valence-electron chi connectivity index (χ0n) is 9.97. The molecule has 0 radical (unpaired) electrons. The largest absolute Gasteiger partial charge is 0.449 e. The fourth-order valence-corrected chi connectivity index (χ4v) is 1.16. The van der Waals surface area contributed by atoms with Gasteiger partial charge in [0.05, 0.1) is 6.61 Å². The Labute approximate surface area is 110 Å². The smallest absolute Gasteiger partial charge is 0.404 e. The Kier molecular flexibility index (Phi) is 7.68. The third-order valence-corrected chi connectivity index (χ3v) is 1.92. The third kappa shape index (κ3) is 11.2. The summed E-state index contributed by atoms with van der Waals surface area (Å²) in [6.45, 7) is 0.0349. The first-order valence-electron chi connectivity index (χ1n) is 5.07. The van der Waals surface area contributed by atoms with E-state index in [4.69, 9.17) is 23.8 Å². The van der Waals surface area contributed by atoms with Crippen molar-refractivity contribution in [2.75, 3.05) is 13.2 Å². The molecular weight excluding hydrogens is 276 g/mol. The second kappa shape index (κ2) is 8.43. The van der Waals surface area contributed by atoms with Crippen molar-refractivity contribution in [1.29, 1.82) is 0 Å². The van der Waals surface area contributed by atoms with E-state index in [1.807, 2.05) is 30.3 Å². The van der Waals surface area contributed by atoms with E-state index in [1.54, 1.807) is 0 Å². The maximum Gasteiger partial charge on any atom is 0.404 e. The van der Waals surface area contributed by atoms with Gasteiger partial charge >= 0.3 is 16.4 Å².